The summed E-state index contributed by atoms with van der Waals surface area (Å²) in [6, 6.07) is 9.89. The van der Waals surface area contributed by atoms with Gasteiger partial charge in [-0.25, -0.2) is 4.98 Å². The summed E-state index contributed by atoms with van der Waals surface area (Å²) in [5.74, 6) is 0.660. The lowest BCUT2D eigenvalue weighted by molar-refractivity contribution is 0.0958. The standard InChI is InChI=1S/C13H15N3O/c1-9-12(13(17)14-3)15-10(2)16(9)11-7-5-4-6-8-11/h4-8H,1-3H3,(H,14,17). The minimum absolute atomic E-state index is 0.153. The maximum absolute atomic E-state index is 11.6. The van der Waals surface area contributed by atoms with Gasteiger partial charge < -0.3 is 9.88 Å². The lowest BCUT2D eigenvalue weighted by Gasteiger charge is -2.07. The summed E-state index contributed by atoms with van der Waals surface area (Å²) in [5.41, 5.74) is 2.35. The molecule has 1 aromatic heterocycles. The Morgan fingerprint density at radius 3 is 2.47 bits per heavy atom. The number of nitrogens with zero attached hydrogens (tertiary/aromatic N) is 2. The van der Waals surface area contributed by atoms with Gasteiger partial charge in [-0.1, -0.05) is 18.2 Å². The molecule has 0 aliphatic heterocycles. The molecule has 1 amide bonds. The molecular formula is C13H15N3O. The van der Waals surface area contributed by atoms with E-state index in [0.29, 0.717) is 5.69 Å². The average molecular weight is 229 g/mol. The number of hydrogen-bond donors (Lipinski definition) is 1. The Kier molecular flexibility index (Phi) is 2.95. The third-order valence-electron chi connectivity index (χ3n) is 2.73. The zero-order chi connectivity index (χ0) is 12.4. The molecule has 0 saturated carbocycles. The lowest BCUT2D eigenvalue weighted by Crippen LogP contribution is -2.19. The van der Waals surface area contributed by atoms with E-state index in [1.807, 2.05) is 48.7 Å². The second kappa shape index (κ2) is 4.41. The van der Waals surface area contributed by atoms with E-state index in [4.69, 9.17) is 0 Å². The zero-order valence-corrected chi connectivity index (χ0v) is 10.2. The van der Waals surface area contributed by atoms with Gasteiger partial charge in [-0.05, 0) is 26.0 Å². The first-order valence-corrected chi connectivity index (χ1v) is 5.48. The van der Waals surface area contributed by atoms with Gasteiger partial charge in [0.2, 0.25) is 0 Å². The highest BCUT2D eigenvalue weighted by Gasteiger charge is 2.16. The van der Waals surface area contributed by atoms with Crippen LogP contribution in [0.25, 0.3) is 5.69 Å². The second-order valence-corrected chi connectivity index (χ2v) is 3.84. The van der Waals surface area contributed by atoms with Gasteiger partial charge in [-0.3, -0.25) is 4.79 Å². The van der Waals surface area contributed by atoms with E-state index in [0.717, 1.165) is 17.2 Å². The van der Waals surface area contributed by atoms with Crippen LogP contribution in [-0.4, -0.2) is 22.5 Å². The molecule has 0 aliphatic carbocycles. The summed E-state index contributed by atoms with van der Waals surface area (Å²) in [5, 5.41) is 2.60. The molecule has 0 spiro atoms. The van der Waals surface area contributed by atoms with E-state index in [1.54, 1.807) is 7.05 Å². The number of carbonyl (C=O) groups is 1. The topological polar surface area (TPSA) is 46.9 Å². The van der Waals surface area contributed by atoms with Crippen molar-refractivity contribution in [2.75, 3.05) is 7.05 Å². The highest BCUT2D eigenvalue weighted by atomic mass is 16.1. The Morgan fingerprint density at radius 1 is 1.24 bits per heavy atom. The molecule has 1 aromatic carbocycles. The van der Waals surface area contributed by atoms with Crippen LogP contribution in [0.15, 0.2) is 30.3 Å². The third kappa shape index (κ3) is 1.93. The van der Waals surface area contributed by atoms with Crippen LogP contribution in [0, 0.1) is 13.8 Å². The van der Waals surface area contributed by atoms with Gasteiger partial charge >= 0.3 is 0 Å². The fraction of sp³-hybridized carbons (Fsp3) is 0.231. The Morgan fingerprint density at radius 2 is 1.88 bits per heavy atom. The Hall–Kier alpha value is -2.10. The van der Waals surface area contributed by atoms with Crippen molar-refractivity contribution in [1.82, 2.24) is 14.9 Å². The normalized spacial score (nSPS) is 10.3. The van der Waals surface area contributed by atoms with Crippen molar-refractivity contribution in [2.24, 2.45) is 0 Å². The largest absolute Gasteiger partial charge is 0.354 e. The van der Waals surface area contributed by atoms with Crippen LogP contribution in [0.3, 0.4) is 0 Å². The van der Waals surface area contributed by atoms with Crippen LogP contribution < -0.4 is 5.32 Å². The number of amides is 1. The minimum Gasteiger partial charge on any atom is -0.354 e. The van der Waals surface area contributed by atoms with Crippen LogP contribution >= 0.6 is 0 Å². The number of nitrogens with one attached hydrogen (secondary N) is 1. The Balaban J connectivity index is 2.57. The summed E-state index contributed by atoms with van der Waals surface area (Å²) in [7, 11) is 1.61. The van der Waals surface area contributed by atoms with E-state index in [1.165, 1.54) is 0 Å². The molecule has 1 heterocycles. The molecule has 0 saturated heterocycles. The maximum Gasteiger partial charge on any atom is 0.271 e. The van der Waals surface area contributed by atoms with Crippen molar-refractivity contribution >= 4 is 5.91 Å². The van der Waals surface area contributed by atoms with Crippen molar-refractivity contribution in [3.8, 4) is 5.69 Å². The molecule has 2 rings (SSSR count). The molecule has 0 radical (unpaired) electrons. The number of imidazole rings is 1. The fourth-order valence-electron chi connectivity index (χ4n) is 1.93. The molecule has 1 N–H and O–H groups in total. The van der Waals surface area contributed by atoms with Crippen LogP contribution in [0.5, 0.6) is 0 Å². The first kappa shape index (κ1) is 11.4. The molecule has 17 heavy (non-hydrogen) atoms. The summed E-state index contributed by atoms with van der Waals surface area (Å²) in [4.78, 5) is 16.0. The third-order valence-corrected chi connectivity index (χ3v) is 2.73. The Labute approximate surface area is 100 Å². The van der Waals surface area contributed by atoms with Crippen LogP contribution in [0.1, 0.15) is 22.0 Å². The highest BCUT2D eigenvalue weighted by Crippen LogP contribution is 2.17. The lowest BCUT2D eigenvalue weighted by atomic mass is 10.3. The van der Waals surface area contributed by atoms with Crippen LogP contribution in [0.2, 0.25) is 0 Å². The molecule has 0 unspecified atom stereocenters. The van der Waals surface area contributed by atoms with Crippen molar-refractivity contribution in [2.45, 2.75) is 13.8 Å². The van der Waals surface area contributed by atoms with E-state index < -0.39 is 0 Å². The van der Waals surface area contributed by atoms with Gasteiger partial charge in [-0.2, -0.15) is 0 Å². The van der Waals surface area contributed by atoms with E-state index >= 15 is 0 Å². The number of hydrogen-bond acceptors (Lipinski definition) is 2. The van der Waals surface area contributed by atoms with Crippen LogP contribution in [0.4, 0.5) is 0 Å². The average Bonchev–Trinajstić information content (AvgIpc) is 2.65. The van der Waals surface area contributed by atoms with Gasteiger partial charge in [-0.15, -0.1) is 0 Å². The van der Waals surface area contributed by atoms with Gasteiger partial charge in [0.15, 0.2) is 0 Å². The molecule has 0 aliphatic rings. The number of para-hydroxylation sites is 1. The van der Waals surface area contributed by atoms with Gasteiger partial charge in [0.25, 0.3) is 5.91 Å². The predicted octanol–water partition coefficient (Wildman–Crippen LogP) is 1.85. The highest BCUT2D eigenvalue weighted by molar-refractivity contribution is 5.93. The minimum atomic E-state index is -0.153. The number of aryl methyl sites for hydroxylation is 1. The predicted molar refractivity (Wildman–Crippen MR) is 66.4 cm³/mol. The molecule has 4 nitrogen and oxygen atoms in total. The molecule has 88 valence electrons. The van der Waals surface area contributed by atoms with Gasteiger partial charge in [0.05, 0.1) is 5.69 Å². The number of aromatic nitrogens is 2. The monoisotopic (exact) mass is 229 g/mol. The molecule has 2 aromatic rings. The summed E-state index contributed by atoms with van der Waals surface area (Å²) in [6.07, 6.45) is 0. The van der Waals surface area contributed by atoms with Crippen molar-refractivity contribution in [3.63, 3.8) is 0 Å². The summed E-state index contributed by atoms with van der Waals surface area (Å²) >= 11 is 0. The summed E-state index contributed by atoms with van der Waals surface area (Å²) in [6.45, 7) is 3.80. The molecule has 0 fully saturated rings. The first-order valence-electron chi connectivity index (χ1n) is 5.48. The molecule has 0 bridgehead atoms. The number of rotatable bonds is 2. The number of benzene rings is 1. The van der Waals surface area contributed by atoms with Crippen molar-refractivity contribution < 1.29 is 4.79 Å². The first-order chi connectivity index (χ1) is 8.15. The zero-order valence-electron chi connectivity index (χ0n) is 10.2. The molecular weight excluding hydrogens is 214 g/mol. The Bertz CT molecular complexity index is 543. The quantitative estimate of drug-likeness (QED) is 0.854. The number of carbonyl (C=O) groups excluding carboxylic acids is 1. The van der Waals surface area contributed by atoms with Crippen LogP contribution in [-0.2, 0) is 0 Å². The maximum atomic E-state index is 11.6. The van der Waals surface area contributed by atoms with Crippen molar-refractivity contribution in [3.05, 3.63) is 47.5 Å². The van der Waals surface area contributed by atoms with E-state index in [2.05, 4.69) is 10.3 Å². The smallest absolute Gasteiger partial charge is 0.271 e. The van der Waals surface area contributed by atoms with E-state index in [-0.39, 0.29) is 5.91 Å². The van der Waals surface area contributed by atoms with E-state index in [9.17, 15) is 4.79 Å². The van der Waals surface area contributed by atoms with Crippen molar-refractivity contribution in [1.29, 1.82) is 0 Å². The fourth-order valence-corrected chi connectivity index (χ4v) is 1.93. The second-order valence-electron chi connectivity index (χ2n) is 3.84. The van der Waals surface area contributed by atoms with Gasteiger partial charge in [0, 0.05) is 12.7 Å². The molecule has 0 atom stereocenters. The SMILES string of the molecule is CNC(=O)c1nc(C)n(-c2ccccc2)c1C. The summed E-state index contributed by atoms with van der Waals surface area (Å²) < 4.78 is 1.98. The molecule has 4 heteroatoms. The van der Waals surface area contributed by atoms with Gasteiger partial charge in [0.1, 0.15) is 11.5 Å².